The van der Waals surface area contributed by atoms with Gasteiger partial charge in [0.2, 0.25) is 0 Å². The Balaban J connectivity index is 2.49. The summed E-state index contributed by atoms with van der Waals surface area (Å²) in [5.74, 6) is 3.26. The van der Waals surface area contributed by atoms with Gasteiger partial charge in [-0.1, -0.05) is 57.9 Å². The minimum Gasteiger partial charge on any atom is -0.312 e. The normalized spacial score (nSPS) is 14.3. The van der Waals surface area contributed by atoms with Gasteiger partial charge in [-0.15, -0.1) is 0 Å². The number of aryl methyl sites for hydroxylation is 1. The van der Waals surface area contributed by atoms with Gasteiger partial charge < -0.3 is 5.32 Å². The van der Waals surface area contributed by atoms with Gasteiger partial charge in [0, 0.05) is 11.8 Å². The average molecular weight is 279 g/mol. The lowest BCUT2D eigenvalue weighted by Gasteiger charge is -2.18. The number of rotatable bonds is 9. The van der Waals surface area contributed by atoms with Crippen molar-refractivity contribution in [1.29, 1.82) is 0 Å². The van der Waals surface area contributed by atoms with Crippen LogP contribution >= 0.6 is 11.8 Å². The molecule has 1 nitrogen and oxygen atoms in total. The Kier molecular flexibility index (Phi) is 8.24. The summed E-state index contributed by atoms with van der Waals surface area (Å²) in [5.41, 5.74) is 2.87. The quantitative estimate of drug-likeness (QED) is 0.704. The van der Waals surface area contributed by atoms with E-state index >= 15 is 0 Å². The van der Waals surface area contributed by atoms with E-state index in [2.05, 4.69) is 69.2 Å². The lowest BCUT2D eigenvalue weighted by atomic mass is 10.0. The van der Waals surface area contributed by atoms with Gasteiger partial charge in [0.15, 0.2) is 0 Å². The Labute approximate surface area is 123 Å². The zero-order chi connectivity index (χ0) is 14.1. The van der Waals surface area contributed by atoms with Crippen LogP contribution in [0.15, 0.2) is 24.3 Å². The molecule has 1 rings (SSSR count). The summed E-state index contributed by atoms with van der Waals surface area (Å²) in [6, 6.07) is 9.61. The Morgan fingerprint density at radius 1 is 1.11 bits per heavy atom. The highest BCUT2D eigenvalue weighted by Crippen LogP contribution is 2.21. The van der Waals surface area contributed by atoms with E-state index in [4.69, 9.17) is 0 Å². The average Bonchev–Trinajstić information content (AvgIpc) is 2.45. The van der Waals surface area contributed by atoms with Crippen LogP contribution in [-0.2, 0) is 6.42 Å². The topological polar surface area (TPSA) is 12.0 Å². The third-order valence-corrected chi connectivity index (χ3v) is 5.03. The van der Waals surface area contributed by atoms with Crippen molar-refractivity contribution in [3.05, 3.63) is 35.4 Å². The van der Waals surface area contributed by atoms with Gasteiger partial charge in [0.25, 0.3) is 0 Å². The van der Waals surface area contributed by atoms with Crippen molar-refractivity contribution in [3.8, 4) is 0 Å². The molecule has 2 heteroatoms. The molecule has 0 aromatic heterocycles. The second-order valence-electron chi connectivity index (χ2n) is 5.38. The molecule has 1 aromatic carbocycles. The van der Waals surface area contributed by atoms with Gasteiger partial charge in [0.1, 0.15) is 0 Å². The predicted molar refractivity (Wildman–Crippen MR) is 89.0 cm³/mol. The molecule has 0 fully saturated rings. The molecule has 0 heterocycles. The van der Waals surface area contributed by atoms with Gasteiger partial charge in [-0.3, -0.25) is 0 Å². The summed E-state index contributed by atoms with van der Waals surface area (Å²) in [5, 5.41) is 3.44. The van der Waals surface area contributed by atoms with E-state index in [1.54, 1.807) is 0 Å². The van der Waals surface area contributed by atoms with Gasteiger partial charge in [-0.05, 0) is 36.3 Å². The highest BCUT2D eigenvalue weighted by molar-refractivity contribution is 7.99. The van der Waals surface area contributed by atoms with Crippen LogP contribution in [0.4, 0.5) is 0 Å². The van der Waals surface area contributed by atoms with E-state index in [9.17, 15) is 0 Å². The van der Waals surface area contributed by atoms with Gasteiger partial charge in [0.05, 0.1) is 0 Å². The summed E-state index contributed by atoms with van der Waals surface area (Å²) >= 11 is 2.07. The smallest absolute Gasteiger partial charge is 0.0409 e. The van der Waals surface area contributed by atoms with E-state index in [0.717, 1.165) is 11.7 Å². The second-order valence-corrected chi connectivity index (χ2v) is 6.46. The highest BCUT2D eigenvalue weighted by atomic mass is 32.2. The molecule has 0 bridgehead atoms. The summed E-state index contributed by atoms with van der Waals surface area (Å²) in [7, 11) is 2.06. The predicted octanol–water partition coefficient (Wildman–Crippen LogP) is 4.68. The number of hydrogen-bond acceptors (Lipinski definition) is 2. The van der Waals surface area contributed by atoms with Crippen LogP contribution in [0.25, 0.3) is 0 Å². The number of nitrogens with one attached hydrogen (secondary N) is 1. The van der Waals surface area contributed by atoms with Crippen LogP contribution in [0.5, 0.6) is 0 Å². The maximum Gasteiger partial charge on any atom is 0.0409 e. The molecule has 108 valence electrons. The van der Waals surface area contributed by atoms with Gasteiger partial charge in [-0.25, -0.2) is 0 Å². The van der Waals surface area contributed by atoms with Crippen molar-refractivity contribution >= 4 is 11.8 Å². The highest BCUT2D eigenvalue weighted by Gasteiger charge is 2.10. The van der Waals surface area contributed by atoms with Crippen molar-refractivity contribution in [2.45, 2.75) is 46.1 Å². The van der Waals surface area contributed by atoms with Crippen molar-refractivity contribution in [2.24, 2.45) is 5.92 Å². The Bertz CT molecular complexity index is 334. The molecule has 0 aliphatic carbocycles. The zero-order valence-corrected chi connectivity index (χ0v) is 13.7. The van der Waals surface area contributed by atoms with Crippen LogP contribution in [0.3, 0.4) is 0 Å². The summed E-state index contributed by atoms with van der Waals surface area (Å²) in [6.07, 6.45) is 3.69. The van der Waals surface area contributed by atoms with Crippen LogP contribution < -0.4 is 5.32 Å². The molecule has 0 saturated heterocycles. The van der Waals surface area contributed by atoms with Crippen molar-refractivity contribution < 1.29 is 0 Å². The Morgan fingerprint density at radius 2 is 1.79 bits per heavy atom. The Hall–Kier alpha value is -0.470. The molecule has 2 unspecified atom stereocenters. The van der Waals surface area contributed by atoms with E-state index < -0.39 is 0 Å². The van der Waals surface area contributed by atoms with Crippen LogP contribution in [0, 0.1) is 5.92 Å². The van der Waals surface area contributed by atoms with Crippen LogP contribution in [0.2, 0.25) is 0 Å². The van der Waals surface area contributed by atoms with Gasteiger partial charge in [-0.2, -0.15) is 11.8 Å². The standard InChI is InChI=1S/C17H29NS/c1-5-7-15-8-10-16(11-9-15)17(18-4)13-19-12-14(3)6-2/h8-11,14,17-18H,5-7,12-13H2,1-4H3. The van der Waals surface area contributed by atoms with E-state index in [1.165, 1.54) is 36.1 Å². The van der Waals surface area contributed by atoms with Gasteiger partial charge >= 0.3 is 0 Å². The molecular formula is C17H29NS. The molecule has 19 heavy (non-hydrogen) atoms. The lowest BCUT2D eigenvalue weighted by Crippen LogP contribution is -2.19. The molecule has 1 aromatic rings. The molecule has 0 radical (unpaired) electrons. The molecule has 0 amide bonds. The summed E-state index contributed by atoms with van der Waals surface area (Å²) in [4.78, 5) is 0. The molecule has 0 aliphatic heterocycles. The largest absolute Gasteiger partial charge is 0.312 e. The molecular weight excluding hydrogens is 250 g/mol. The first-order valence-corrected chi connectivity index (χ1v) is 8.70. The third kappa shape index (κ3) is 6.01. The van der Waals surface area contributed by atoms with Crippen molar-refractivity contribution in [2.75, 3.05) is 18.6 Å². The fourth-order valence-electron chi connectivity index (χ4n) is 2.06. The van der Waals surface area contributed by atoms with Crippen LogP contribution in [-0.4, -0.2) is 18.6 Å². The fraction of sp³-hybridized carbons (Fsp3) is 0.647. The van der Waals surface area contributed by atoms with E-state index in [0.29, 0.717) is 6.04 Å². The lowest BCUT2D eigenvalue weighted by molar-refractivity contribution is 0.630. The number of thioether (sulfide) groups is 1. The number of hydrogen-bond donors (Lipinski definition) is 1. The van der Waals surface area contributed by atoms with E-state index in [-0.39, 0.29) is 0 Å². The first-order valence-electron chi connectivity index (χ1n) is 7.55. The number of benzene rings is 1. The van der Waals surface area contributed by atoms with Crippen LogP contribution in [0.1, 0.15) is 50.8 Å². The molecule has 1 N–H and O–H groups in total. The summed E-state index contributed by atoms with van der Waals surface area (Å²) < 4.78 is 0. The first kappa shape index (κ1) is 16.6. The minimum atomic E-state index is 0.477. The summed E-state index contributed by atoms with van der Waals surface area (Å²) in [6.45, 7) is 6.84. The van der Waals surface area contributed by atoms with Crippen molar-refractivity contribution in [1.82, 2.24) is 5.32 Å². The maximum atomic E-state index is 3.44. The zero-order valence-electron chi connectivity index (χ0n) is 12.9. The molecule has 0 spiro atoms. The fourth-order valence-corrected chi connectivity index (χ4v) is 3.43. The molecule has 0 saturated carbocycles. The first-order chi connectivity index (χ1) is 9.21. The maximum absolute atomic E-state index is 3.44. The third-order valence-electron chi connectivity index (χ3n) is 3.65. The molecule has 0 aliphatic rings. The monoisotopic (exact) mass is 279 g/mol. The SMILES string of the molecule is CCCc1ccc(C(CSCC(C)CC)NC)cc1. The van der Waals surface area contributed by atoms with E-state index in [1.807, 2.05) is 0 Å². The second kappa shape index (κ2) is 9.44. The minimum absolute atomic E-state index is 0.477. The van der Waals surface area contributed by atoms with Crippen molar-refractivity contribution in [3.63, 3.8) is 0 Å². The Morgan fingerprint density at radius 3 is 2.32 bits per heavy atom. The molecule has 2 atom stereocenters.